The molecule has 0 spiro atoms. The summed E-state index contributed by atoms with van der Waals surface area (Å²) in [6.07, 6.45) is -8.32. The molecule has 5 atom stereocenters. The fourth-order valence-corrected chi connectivity index (χ4v) is 4.24. The van der Waals surface area contributed by atoms with Gasteiger partial charge in [0.1, 0.15) is 11.3 Å². The number of carboxylic acid groups (broad SMARTS) is 2. The van der Waals surface area contributed by atoms with Crippen molar-refractivity contribution < 1.29 is 42.1 Å². The van der Waals surface area contributed by atoms with E-state index in [2.05, 4.69) is 4.74 Å². The van der Waals surface area contributed by atoms with Crippen molar-refractivity contribution in [3.8, 4) is 5.75 Å². The standard InChI is InChI=1S/C17H17F4NO5/c18-14(19)17(20,21)27-9-3-1-2-7(5-9)4-8-6-10-11(13(23)24)12(10)16(8,22)15(25)26/h1-3,5,8,10-12,14H,4,6,22H2,(H,23,24)(H,25,26). The normalized spacial score (nSPS) is 32.2. The van der Waals surface area contributed by atoms with E-state index in [0.29, 0.717) is 5.56 Å². The summed E-state index contributed by atoms with van der Waals surface area (Å²) in [7, 11) is 0. The van der Waals surface area contributed by atoms with Gasteiger partial charge in [0.05, 0.1) is 5.92 Å². The molecule has 2 fully saturated rings. The zero-order chi connectivity index (χ0) is 20.1. The van der Waals surface area contributed by atoms with Crippen LogP contribution in [0.4, 0.5) is 17.6 Å². The molecule has 4 N–H and O–H groups in total. The van der Waals surface area contributed by atoms with Gasteiger partial charge in [0.2, 0.25) is 0 Å². The summed E-state index contributed by atoms with van der Waals surface area (Å²) in [5.41, 5.74) is 4.70. The number of hydrogen-bond donors (Lipinski definition) is 3. The Morgan fingerprint density at radius 2 is 2.00 bits per heavy atom. The summed E-state index contributed by atoms with van der Waals surface area (Å²) in [5.74, 6) is -5.36. The second-order valence-corrected chi connectivity index (χ2v) is 7.04. The fraction of sp³-hybridized carbons (Fsp3) is 0.529. The van der Waals surface area contributed by atoms with Gasteiger partial charge in [-0.25, -0.2) is 0 Å². The molecule has 3 rings (SSSR count). The average molecular weight is 391 g/mol. The Morgan fingerprint density at radius 1 is 1.33 bits per heavy atom. The fourth-order valence-electron chi connectivity index (χ4n) is 4.24. The molecule has 1 aromatic carbocycles. The Kier molecular flexibility index (Phi) is 4.57. The van der Waals surface area contributed by atoms with E-state index < -0.39 is 53.5 Å². The van der Waals surface area contributed by atoms with E-state index in [1.165, 1.54) is 12.1 Å². The van der Waals surface area contributed by atoms with Crippen LogP contribution in [0, 0.1) is 23.7 Å². The molecule has 0 aromatic heterocycles. The predicted molar refractivity (Wildman–Crippen MR) is 82.5 cm³/mol. The highest BCUT2D eigenvalue weighted by Gasteiger charge is 2.73. The molecule has 2 aliphatic carbocycles. The van der Waals surface area contributed by atoms with Gasteiger partial charge < -0.3 is 20.7 Å². The number of alkyl halides is 4. The first-order chi connectivity index (χ1) is 12.5. The van der Waals surface area contributed by atoms with Gasteiger partial charge in [-0.05, 0) is 42.4 Å². The zero-order valence-corrected chi connectivity index (χ0v) is 13.8. The number of carbonyl (C=O) groups is 2. The molecule has 0 bridgehead atoms. The Bertz CT molecular complexity index is 773. The lowest BCUT2D eigenvalue weighted by atomic mass is 9.78. The van der Waals surface area contributed by atoms with Crippen molar-refractivity contribution in [2.24, 2.45) is 29.4 Å². The molecule has 2 saturated carbocycles. The van der Waals surface area contributed by atoms with E-state index in [1.54, 1.807) is 0 Å². The smallest absolute Gasteiger partial charge is 0.461 e. The minimum Gasteiger partial charge on any atom is -0.481 e. The molecular formula is C17H17F4NO5. The number of hydrogen-bond acceptors (Lipinski definition) is 4. The van der Waals surface area contributed by atoms with E-state index in [0.717, 1.165) is 12.1 Å². The number of rotatable bonds is 7. The number of ether oxygens (including phenoxy) is 1. The van der Waals surface area contributed by atoms with Crippen molar-refractivity contribution in [2.75, 3.05) is 0 Å². The van der Waals surface area contributed by atoms with Crippen molar-refractivity contribution >= 4 is 11.9 Å². The lowest BCUT2D eigenvalue weighted by molar-refractivity contribution is -0.253. The summed E-state index contributed by atoms with van der Waals surface area (Å²) in [6.45, 7) is 0. The van der Waals surface area contributed by atoms with Gasteiger partial charge >= 0.3 is 24.5 Å². The van der Waals surface area contributed by atoms with Crippen LogP contribution in [0.5, 0.6) is 5.75 Å². The number of fused-ring (bicyclic) bond motifs is 1. The van der Waals surface area contributed by atoms with Crippen LogP contribution < -0.4 is 10.5 Å². The number of nitrogens with two attached hydrogens (primary N) is 1. The number of carboxylic acids is 2. The number of halogens is 4. The van der Waals surface area contributed by atoms with Crippen LogP contribution in [0.25, 0.3) is 0 Å². The predicted octanol–water partition coefficient (Wildman–Crippen LogP) is 2.21. The second kappa shape index (κ2) is 6.36. The van der Waals surface area contributed by atoms with Gasteiger partial charge in [-0.1, -0.05) is 12.1 Å². The Hall–Kier alpha value is -2.36. The maximum atomic E-state index is 13.0. The summed E-state index contributed by atoms with van der Waals surface area (Å²) < 4.78 is 54.7. The van der Waals surface area contributed by atoms with Crippen LogP contribution in [0.3, 0.4) is 0 Å². The van der Waals surface area contributed by atoms with Crippen LogP contribution in [0.2, 0.25) is 0 Å². The summed E-state index contributed by atoms with van der Waals surface area (Å²) in [6, 6.07) is 5.03. The van der Waals surface area contributed by atoms with Crippen LogP contribution in [0.15, 0.2) is 24.3 Å². The minimum atomic E-state index is -4.65. The first-order valence-corrected chi connectivity index (χ1v) is 8.17. The molecule has 27 heavy (non-hydrogen) atoms. The van der Waals surface area contributed by atoms with Crippen molar-refractivity contribution in [2.45, 2.75) is 30.9 Å². The topological polar surface area (TPSA) is 110 Å². The molecule has 0 heterocycles. The van der Waals surface area contributed by atoms with Gasteiger partial charge in [0.15, 0.2) is 0 Å². The molecule has 0 saturated heterocycles. The lowest BCUT2D eigenvalue weighted by Crippen LogP contribution is -2.55. The SMILES string of the molecule is NC1(C(=O)O)C(Cc2cccc(OC(F)(F)C(F)F)c2)CC2C(C(=O)O)C21. The highest BCUT2D eigenvalue weighted by atomic mass is 19.3. The minimum absolute atomic E-state index is 0.0690. The quantitative estimate of drug-likeness (QED) is 0.615. The molecule has 2 aliphatic rings. The average Bonchev–Trinajstić information content (AvgIpc) is 3.20. The van der Waals surface area contributed by atoms with E-state index in [4.69, 9.17) is 10.8 Å². The molecule has 0 aliphatic heterocycles. The van der Waals surface area contributed by atoms with Crippen LogP contribution in [-0.4, -0.2) is 40.2 Å². The molecule has 0 amide bonds. The Morgan fingerprint density at radius 3 is 2.56 bits per heavy atom. The van der Waals surface area contributed by atoms with E-state index >= 15 is 0 Å². The second-order valence-electron chi connectivity index (χ2n) is 7.04. The van der Waals surface area contributed by atoms with Gasteiger partial charge in [-0.15, -0.1) is 0 Å². The Balaban J connectivity index is 1.77. The van der Waals surface area contributed by atoms with Crippen molar-refractivity contribution in [3.05, 3.63) is 29.8 Å². The van der Waals surface area contributed by atoms with Gasteiger partial charge in [-0.2, -0.15) is 17.6 Å². The van der Waals surface area contributed by atoms with Crippen molar-refractivity contribution in [1.29, 1.82) is 0 Å². The van der Waals surface area contributed by atoms with Crippen LogP contribution in [0.1, 0.15) is 12.0 Å². The first kappa shape index (κ1) is 19.4. The van der Waals surface area contributed by atoms with Gasteiger partial charge in [0.25, 0.3) is 0 Å². The number of benzene rings is 1. The maximum Gasteiger partial charge on any atom is 0.461 e. The third-order valence-corrected chi connectivity index (χ3v) is 5.50. The van der Waals surface area contributed by atoms with E-state index in [9.17, 15) is 32.3 Å². The van der Waals surface area contributed by atoms with E-state index in [-0.39, 0.29) is 18.8 Å². The zero-order valence-electron chi connectivity index (χ0n) is 13.8. The molecule has 0 radical (unpaired) electrons. The third kappa shape index (κ3) is 3.22. The van der Waals surface area contributed by atoms with Crippen LogP contribution in [-0.2, 0) is 16.0 Å². The van der Waals surface area contributed by atoms with E-state index in [1.807, 2.05) is 0 Å². The van der Waals surface area contributed by atoms with Crippen LogP contribution >= 0.6 is 0 Å². The largest absolute Gasteiger partial charge is 0.481 e. The maximum absolute atomic E-state index is 13.0. The molecule has 1 aromatic rings. The monoisotopic (exact) mass is 391 g/mol. The summed E-state index contributed by atoms with van der Waals surface area (Å²) in [4.78, 5) is 22.9. The third-order valence-electron chi connectivity index (χ3n) is 5.50. The Labute approximate surface area is 150 Å². The molecule has 5 unspecified atom stereocenters. The molecule has 6 nitrogen and oxygen atoms in total. The first-order valence-electron chi connectivity index (χ1n) is 8.17. The van der Waals surface area contributed by atoms with Gasteiger partial charge in [0, 0.05) is 5.92 Å². The number of aliphatic carboxylic acids is 2. The highest BCUT2D eigenvalue weighted by molar-refractivity contribution is 5.85. The molecule has 10 heteroatoms. The van der Waals surface area contributed by atoms with Gasteiger partial charge in [-0.3, -0.25) is 9.59 Å². The van der Waals surface area contributed by atoms with Crippen molar-refractivity contribution in [1.82, 2.24) is 0 Å². The lowest BCUT2D eigenvalue weighted by Gasteiger charge is -2.31. The summed E-state index contributed by atoms with van der Waals surface area (Å²) in [5, 5.41) is 18.7. The molecular weight excluding hydrogens is 374 g/mol. The highest BCUT2D eigenvalue weighted by Crippen LogP contribution is 2.64. The summed E-state index contributed by atoms with van der Waals surface area (Å²) >= 11 is 0. The van der Waals surface area contributed by atoms with Crippen molar-refractivity contribution in [3.63, 3.8) is 0 Å². The molecule has 148 valence electrons.